The first kappa shape index (κ1) is 19.2. The van der Waals surface area contributed by atoms with Crippen LogP contribution >= 0.6 is 0 Å². The highest BCUT2D eigenvalue weighted by atomic mass is 16.6. The third kappa shape index (κ3) is 4.59. The van der Waals surface area contributed by atoms with Crippen LogP contribution in [0.4, 0.5) is 5.82 Å². The molecule has 0 atom stereocenters. The maximum atomic E-state index is 12.2. The van der Waals surface area contributed by atoms with E-state index in [0.717, 1.165) is 16.9 Å². The van der Waals surface area contributed by atoms with E-state index in [0.29, 0.717) is 23.8 Å². The van der Waals surface area contributed by atoms with Crippen LogP contribution in [0.15, 0.2) is 47.1 Å². The summed E-state index contributed by atoms with van der Waals surface area (Å²) in [5.74, 6) is 1.90. The molecule has 0 saturated carbocycles. The Bertz CT molecular complexity index is 937. The molecule has 0 bridgehead atoms. The molecule has 146 valence electrons. The van der Waals surface area contributed by atoms with Crippen LogP contribution in [0.1, 0.15) is 12.5 Å². The molecule has 3 rings (SSSR count). The van der Waals surface area contributed by atoms with Gasteiger partial charge in [-0.15, -0.1) is 0 Å². The lowest BCUT2D eigenvalue weighted by Crippen LogP contribution is -2.20. The molecule has 8 nitrogen and oxygen atoms in total. The van der Waals surface area contributed by atoms with Crippen LogP contribution in [0.25, 0.3) is 11.3 Å². The maximum Gasteiger partial charge on any atom is 0.263 e. The Hall–Kier alpha value is -3.55. The van der Waals surface area contributed by atoms with E-state index in [1.54, 1.807) is 31.4 Å². The van der Waals surface area contributed by atoms with Crippen LogP contribution < -0.4 is 19.5 Å². The second-order valence-electron chi connectivity index (χ2n) is 5.89. The molecular weight excluding hydrogens is 362 g/mol. The minimum Gasteiger partial charge on any atom is -0.497 e. The Kier molecular flexibility index (Phi) is 6.11. The summed E-state index contributed by atoms with van der Waals surface area (Å²) >= 11 is 0. The first-order valence-electron chi connectivity index (χ1n) is 8.73. The fourth-order valence-corrected chi connectivity index (χ4v) is 2.56. The standard InChI is InChI=1S/C20H21N3O5/c1-4-26-17-10-5-14(11-13(17)2)19-20(23-28-22-19)21-18(24)12-27-16-8-6-15(25-3)7-9-16/h5-11H,4,12H2,1-3H3,(H,21,23,24). The number of carbonyl (C=O) groups excluding carboxylic acids is 1. The van der Waals surface area contributed by atoms with Crippen molar-refractivity contribution in [2.45, 2.75) is 13.8 Å². The lowest BCUT2D eigenvalue weighted by Gasteiger charge is -2.09. The molecule has 1 heterocycles. The Morgan fingerprint density at radius 2 is 1.82 bits per heavy atom. The topological polar surface area (TPSA) is 95.7 Å². The van der Waals surface area contributed by atoms with Crippen molar-refractivity contribution in [2.24, 2.45) is 0 Å². The molecule has 28 heavy (non-hydrogen) atoms. The number of methoxy groups -OCH3 is 1. The van der Waals surface area contributed by atoms with Crippen molar-refractivity contribution in [3.05, 3.63) is 48.0 Å². The predicted octanol–water partition coefficient (Wildman–Crippen LogP) is 3.47. The molecule has 0 unspecified atom stereocenters. The van der Waals surface area contributed by atoms with Gasteiger partial charge >= 0.3 is 0 Å². The average Bonchev–Trinajstić information content (AvgIpc) is 3.16. The SMILES string of the molecule is CCOc1ccc(-c2nonc2NC(=O)COc2ccc(OC)cc2)cc1C. The monoisotopic (exact) mass is 383 g/mol. The number of carbonyl (C=O) groups is 1. The van der Waals surface area contributed by atoms with Gasteiger partial charge in [0.1, 0.15) is 17.2 Å². The van der Waals surface area contributed by atoms with Gasteiger partial charge in [0.25, 0.3) is 5.91 Å². The van der Waals surface area contributed by atoms with Crippen molar-refractivity contribution >= 4 is 11.7 Å². The number of ether oxygens (including phenoxy) is 3. The van der Waals surface area contributed by atoms with Crippen molar-refractivity contribution in [1.82, 2.24) is 10.3 Å². The molecule has 0 aliphatic heterocycles. The third-order valence-corrected chi connectivity index (χ3v) is 3.92. The molecule has 0 radical (unpaired) electrons. The third-order valence-electron chi connectivity index (χ3n) is 3.92. The number of nitrogens with one attached hydrogen (secondary N) is 1. The molecule has 2 aromatic carbocycles. The second-order valence-corrected chi connectivity index (χ2v) is 5.89. The van der Waals surface area contributed by atoms with Crippen molar-refractivity contribution in [1.29, 1.82) is 0 Å². The molecule has 1 N–H and O–H groups in total. The zero-order chi connectivity index (χ0) is 19.9. The highest BCUT2D eigenvalue weighted by Gasteiger charge is 2.16. The van der Waals surface area contributed by atoms with Gasteiger partial charge in [0.2, 0.25) is 5.82 Å². The zero-order valence-corrected chi connectivity index (χ0v) is 15.9. The van der Waals surface area contributed by atoms with Gasteiger partial charge in [0.05, 0.1) is 13.7 Å². The number of aryl methyl sites for hydroxylation is 1. The van der Waals surface area contributed by atoms with E-state index in [-0.39, 0.29) is 18.3 Å². The van der Waals surface area contributed by atoms with Crippen LogP contribution in [0.3, 0.4) is 0 Å². The smallest absolute Gasteiger partial charge is 0.263 e. The highest BCUT2D eigenvalue weighted by Crippen LogP contribution is 2.29. The molecule has 1 amide bonds. The quantitative estimate of drug-likeness (QED) is 0.636. The van der Waals surface area contributed by atoms with E-state index in [2.05, 4.69) is 15.6 Å². The van der Waals surface area contributed by atoms with E-state index in [1.807, 2.05) is 32.0 Å². The van der Waals surface area contributed by atoms with Crippen LogP contribution in [-0.2, 0) is 4.79 Å². The van der Waals surface area contributed by atoms with Gasteiger partial charge in [0.15, 0.2) is 12.3 Å². The Morgan fingerprint density at radius 3 is 2.50 bits per heavy atom. The van der Waals surface area contributed by atoms with E-state index in [9.17, 15) is 4.79 Å². The molecule has 0 aliphatic rings. The van der Waals surface area contributed by atoms with Gasteiger partial charge in [-0.3, -0.25) is 4.79 Å². The summed E-state index contributed by atoms with van der Waals surface area (Å²) in [6, 6.07) is 12.5. The van der Waals surface area contributed by atoms with Gasteiger partial charge in [0, 0.05) is 5.56 Å². The van der Waals surface area contributed by atoms with E-state index >= 15 is 0 Å². The number of nitrogens with zero attached hydrogens (tertiary/aromatic N) is 2. The van der Waals surface area contributed by atoms with Crippen molar-refractivity contribution < 1.29 is 23.6 Å². The number of aromatic nitrogens is 2. The molecular formula is C20H21N3O5. The fraction of sp³-hybridized carbons (Fsp3) is 0.250. The second kappa shape index (κ2) is 8.90. The number of hydrogen-bond donors (Lipinski definition) is 1. The Morgan fingerprint density at radius 1 is 1.07 bits per heavy atom. The van der Waals surface area contributed by atoms with Crippen molar-refractivity contribution in [3.8, 4) is 28.5 Å². The summed E-state index contributed by atoms with van der Waals surface area (Å²) in [5.41, 5.74) is 2.14. The lowest BCUT2D eigenvalue weighted by atomic mass is 10.1. The summed E-state index contributed by atoms with van der Waals surface area (Å²) in [7, 11) is 1.58. The number of anilines is 1. The zero-order valence-electron chi connectivity index (χ0n) is 15.9. The highest BCUT2D eigenvalue weighted by molar-refractivity contribution is 5.94. The van der Waals surface area contributed by atoms with Crippen LogP contribution in [0.5, 0.6) is 17.2 Å². The molecule has 0 saturated heterocycles. The summed E-state index contributed by atoms with van der Waals surface area (Å²) in [4.78, 5) is 12.2. The van der Waals surface area contributed by atoms with Crippen LogP contribution in [0, 0.1) is 6.92 Å². The van der Waals surface area contributed by atoms with Gasteiger partial charge < -0.3 is 19.5 Å². The molecule has 0 spiro atoms. The average molecular weight is 383 g/mol. The van der Waals surface area contributed by atoms with Gasteiger partial charge in [-0.05, 0) is 72.2 Å². The van der Waals surface area contributed by atoms with Crippen LogP contribution in [-0.4, -0.2) is 36.5 Å². The number of rotatable bonds is 8. The summed E-state index contributed by atoms with van der Waals surface area (Å²) in [5, 5.41) is 10.3. The number of amides is 1. The first-order chi connectivity index (χ1) is 13.6. The number of benzene rings is 2. The molecule has 3 aromatic rings. The van der Waals surface area contributed by atoms with Gasteiger partial charge in [-0.25, -0.2) is 4.63 Å². The Balaban J connectivity index is 1.64. The van der Waals surface area contributed by atoms with Gasteiger partial charge in [-0.2, -0.15) is 0 Å². The van der Waals surface area contributed by atoms with E-state index in [1.165, 1.54) is 0 Å². The van der Waals surface area contributed by atoms with Crippen molar-refractivity contribution in [2.75, 3.05) is 25.6 Å². The largest absolute Gasteiger partial charge is 0.497 e. The minimum absolute atomic E-state index is 0.180. The van der Waals surface area contributed by atoms with Crippen LogP contribution in [0.2, 0.25) is 0 Å². The molecule has 0 fully saturated rings. The molecule has 8 heteroatoms. The summed E-state index contributed by atoms with van der Waals surface area (Å²) in [6.45, 7) is 4.27. The molecule has 1 aromatic heterocycles. The van der Waals surface area contributed by atoms with E-state index in [4.69, 9.17) is 18.8 Å². The maximum absolute atomic E-state index is 12.2. The first-order valence-corrected chi connectivity index (χ1v) is 8.73. The normalized spacial score (nSPS) is 10.4. The summed E-state index contributed by atoms with van der Waals surface area (Å²) in [6.07, 6.45) is 0. The number of hydrogen-bond acceptors (Lipinski definition) is 7. The fourth-order valence-electron chi connectivity index (χ4n) is 2.56. The lowest BCUT2D eigenvalue weighted by molar-refractivity contribution is -0.118. The molecule has 0 aliphatic carbocycles. The predicted molar refractivity (Wildman–Crippen MR) is 103 cm³/mol. The summed E-state index contributed by atoms with van der Waals surface area (Å²) < 4.78 is 20.9. The van der Waals surface area contributed by atoms with Gasteiger partial charge in [-0.1, -0.05) is 0 Å². The Labute approximate surface area is 162 Å². The minimum atomic E-state index is -0.379. The van der Waals surface area contributed by atoms with E-state index < -0.39 is 0 Å². The van der Waals surface area contributed by atoms with Crippen molar-refractivity contribution in [3.63, 3.8) is 0 Å².